The molecule has 130 valence electrons. The van der Waals surface area contributed by atoms with Crippen LogP contribution in [-0.4, -0.2) is 37.7 Å². The molecular formula is C17H17N3O3S2. The van der Waals surface area contributed by atoms with Crippen LogP contribution in [0.5, 0.6) is 0 Å². The Hall–Kier alpha value is -2.29. The van der Waals surface area contributed by atoms with Gasteiger partial charge >= 0.3 is 0 Å². The number of nitrogens with zero attached hydrogens (tertiary/aromatic N) is 2. The number of carbonyl (C=O) groups excluding carboxylic acids is 1. The van der Waals surface area contributed by atoms with Crippen LogP contribution in [0.4, 0.5) is 5.69 Å². The van der Waals surface area contributed by atoms with Crippen LogP contribution in [-0.2, 0) is 10.0 Å². The fraction of sp³-hybridized carbons (Fsp3) is 0.176. The molecule has 0 atom stereocenters. The van der Waals surface area contributed by atoms with Crippen LogP contribution < -0.4 is 5.32 Å². The monoisotopic (exact) mass is 375 g/mol. The second-order valence-corrected chi connectivity index (χ2v) is 9.07. The third-order valence-corrected chi connectivity index (χ3v) is 6.37. The third kappa shape index (κ3) is 3.55. The largest absolute Gasteiger partial charge is 0.322 e. The minimum Gasteiger partial charge on any atom is -0.322 e. The molecule has 0 aliphatic rings. The van der Waals surface area contributed by atoms with Crippen LogP contribution in [0.25, 0.3) is 10.2 Å². The lowest BCUT2D eigenvalue weighted by Crippen LogP contribution is -2.22. The number of aromatic nitrogens is 1. The molecule has 0 unspecified atom stereocenters. The molecule has 3 rings (SSSR count). The smallest absolute Gasteiger partial charge is 0.255 e. The first-order chi connectivity index (χ1) is 11.8. The van der Waals surface area contributed by atoms with Crippen molar-refractivity contribution < 1.29 is 13.2 Å². The number of amides is 1. The van der Waals surface area contributed by atoms with Gasteiger partial charge in [-0.1, -0.05) is 6.07 Å². The summed E-state index contributed by atoms with van der Waals surface area (Å²) in [4.78, 5) is 16.9. The number of hydrogen-bond acceptors (Lipinski definition) is 5. The van der Waals surface area contributed by atoms with Crippen molar-refractivity contribution in [1.82, 2.24) is 9.29 Å². The number of anilines is 1. The normalized spacial score (nSPS) is 11.8. The summed E-state index contributed by atoms with van der Waals surface area (Å²) in [5.41, 5.74) is 1.81. The Morgan fingerprint density at radius 1 is 1.16 bits per heavy atom. The first-order valence-electron chi connectivity index (χ1n) is 7.48. The summed E-state index contributed by atoms with van der Waals surface area (Å²) in [6, 6.07) is 11.5. The number of sulfonamides is 1. The molecule has 0 radical (unpaired) electrons. The molecule has 0 aliphatic carbocycles. The van der Waals surface area contributed by atoms with Crippen molar-refractivity contribution in [2.75, 3.05) is 19.4 Å². The van der Waals surface area contributed by atoms with Gasteiger partial charge in [0.2, 0.25) is 10.0 Å². The number of benzene rings is 2. The van der Waals surface area contributed by atoms with Crippen molar-refractivity contribution >= 4 is 43.2 Å². The fourth-order valence-corrected chi connectivity index (χ4v) is 4.14. The number of nitrogens with one attached hydrogen (secondary N) is 1. The molecule has 1 aromatic heterocycles. The predicted octanol–water partition coefficient (Wildman–Crippen LogP) is 3.11. The Labute approximate surface area is 150 Å². The number of thiazole rings is 1. The summed E-state index contributed by atoms with van der Waals surface area (Å²) in [6.07, 6.45) is 0. The molecule has 8 heteroatoms. The van der Waals surface area contributed by atoms with E-state index in [2.05, 4.69) is 10.3 Å². The Kier molecular flexibility index (Phi) is 4.59. The van der Waals surface area contributed by atoms with Crippen molar-refractivity contribution in [3.8, 4) is 0 Å². The molecule has 0 saturated carbocycles. The number of rotatable bonds is 4. The highest BCUT2D eigenvalue weighted by Gasteiger charge is 2.18. The maximum atomic E-state index is 12.5. The summed E-state index contributed by atoms with van der Waals surface area (Å²) in [6.45, 7) is 1.93. The van der Waals surface area contributed by atoms with Crippen molar-refractivity contribution in [1.29, 1.82) is 0 Å². The zero-order chi connectivity index (χ0) is 18.2. The van der Waals surface area contributed by atoms with Gasteiger partial charge < -0.3 is 5.32 Å². The van der Waals surface area contributed by atoms with Gasteiger partial charge in [0.15, 0.2) is 0 Å². The molecule has 0 saturated heterocycles. The van der Waals surface area contributed by atoms with Crippen molar-refractivity contribution in [3.05, 3.63) is 53.0 Å². The van der Waals surface area contributed by atoms with Gasteiger partial charge in [-0.2, -0.15) is 0 Å². The van der Waals surface area contributed by atoms with E-state index in [9.17, 15) is 13.2 Å². The highest BCUT2D eigenvalue weighted by Crippen LogP contribution is 2.25. The van der Waals surface area contributed by atoms with Crippen molar-refractivity contribution in [2.45, 2.75) is 11.8 Å². The minimum atomic E-state index is -3.59. The van der Waals surface area contributed by atoms with E-state index in [-0.39, 0.29) is 16.4 Å². The lowest BCUT2D eigenvalue weighted by atomic mass is 10.2. The van der Waals surface area contributed by atoms with E-state index in [1.165, 1.54) is 26.2 Å². The molecule has 6 nitrogen and oxygen atoms in total. The van der Waals surface area contributed by atoms with Crippen LogP contribution in [0.3, 0.4) is 0 Å². The molecule has 3 aromatic rings. The molecule has 0 bridgehead atoms. The summed E-state index contributed by atoms with van der Waals surface area (Å²) >= 11 is 1.55. The van der Waals surface area contributed by atoms with Gasteiger partial charge in [-0.3, -0.25) is 4.79 Å². The SMILES string of the molecule is Cc1nc2ccc(NC(=O)c3cccc(S(=O)(=O)N(C)C)c3)cc2s1. The average Bonchev–Trinajstić information content (AvgIpc) is 2.94. The topological polar surface area (TPSA) is 79.4 Å². The van der Waals surface area contributed by atoms with E-state index in [0.29, 0.717) is 5.69 Å². The Morgan fingerprint density at radius 2 is 1.92 bits per heavy atom. The van der Waals surface area contributed by atoms with Gasteiger partial charge in [-0.25, -0.2) is 17.7 Å². The number of aryl methyl sites for hydroxylation is 1. The van der Waals surface area contributed by atoms with Crippen LogP contribution in [0, 0.1) is 6.92 Å². The first-order valence-corrected chi connectivity index (χ1v) is 9.74. The predicted molar refractivity (Wildman–Crippen MR) is 99.6 cm³/mol. The highest BCUT2D eigenvalue weighted by atomic mass is 32.2. The molecule has 0 fully saturated rings. The van der Waals surface area contributed by atoms with E-state index < -0.39 is 10.0 Å². The highest BCUT2D eigenvalue weighted by molar-refractivity contribution is 7.89. The molecule has 1 amide bonds. The van der Waals surface area contributed by atoms with Gasteiger partial charge in [-0.05, 0) is 43.3 Å². The molecule has 0 spiro atoms. The molecule has 0 aliphatic heterocycles. The maximum absolute atomic E-state index is 12.5. The number of carbonyl (C=O) groups is 1. The van der Waals surface area contributed by atoms with Gasteiger partial charge in [0.05, 0.1) is 20.1 Å². The zero-order valence-corrected chi connectivity index (χ0v) is 15.6. The molecule has 25 heavy (non-hydrogen) atoms. The summed E-state index contributed by atoms with van der Waals surface area (Å²) in [5.74, 6) is -0.364. The molecule has 1 heterocycles. The van der Waals surface area contributed by atoms with E-state index in [1.807, 2.05) is 19.1 Å². The van der Waals surface area contributed by atoms with Gasteiger partial charge in [0.25, 0.3) is 5.91 Å². The van der Waals surface area contributed by atoms with Crippen LogP contribution in [0.2, 0.25) is 0 Å². The lowest BCUT2D eigenvalue weighted by Gasteiger charge is -2.12. The van der Waals surface area contributed by atoms with E-state index >= 15 is 0 Å². The quantitative estimate of drug-likeness (QED) is 0.760. The zero-order valence-electron chi connectivity index (χ0n) is 14.0. The molecular weight excluding hydrogens is 358 g/mol. The summed E-state index contributed by atoms with van der Waals surface area (Å²) in [7, 11) is -0.680. The Balaban J connectivity index is 1.87. The van der Waals surface area contributed by atoms with Crippen molar-refractivity contribution in [2.24, 2.45) is 0 Å². The lowest BCUT2D eigenvalue weighted by molar-refractivity contribution is 0.102. The maximum Gasteiger partial charge on any atom is 0.255 e. The number of hydrogen-bond donors (Lipinski definition) is 1. The van der Waals surface area contributed by atoms with Gasteiger partial charge in [0, 0.05) is 25.3 Å². The standard InChI is InChI=1S/C17H17N3O3S2/c1-11-18-15-8-7-13(10-16(15)24-11)19-17(21)12-5-4-6-14(9-12)25(22,23)20(2)3/h4-10H,1-3H3,(H,19,21). The summed E-state index contributed by atoms with van der Waals surface area (Å²) in [5, 5.41) is 3.76. The van der Waals surface area contributed by atoms with Crippen LogP contribution in [0.1, 0.15) is 15.4 Å². The van der Waals surface area contributed by atoms with E-state index in [0.717, 1.165) is 19.5 Å². The molecule has 2 aromatic carbocycles. The van der Waals surface area contributed by atoms with Gasteiger partial charge in [-0.15, -0.1) is 11.3 Å². The minimum absolute atomic E-state index is 0.0821. The van der Waals surface area contributed by atoms with Crippen LogP contribution >= 0.6 is 11.3 Å². The van der Waals surface area contributed by atoms with E-state index in [1.54, 1.807) is 29.5 Å². The van der Waals surface area contributed by atoms with E-state index in [4.69, 9.17) is 0 Å². The second kappa shape index (κ2) is 6.55. The summed E-state index contributed by atoms with van der Waals surface area (Å²) < 4.78 is 26.5. The fourth-order valence-electron chi connectivity index (χ4n) is 2.33. The Morgan fingerprint density at radius 3 is 2.64 bits per heavy atom. The third-order valence-electron chi connectivity index (χ3n) is 3.63. The van der Waals surface area contributed by atoms with Crippen LogP contribution in [0.15, 0.2) is 47.4 Å². The van der Waals surface area contributed by atoms with Crippen molar-refractivity contribution in [3.63, 3.8) is 0 Å². The Bertz CT molecular complexity index is 1060. The average molecular weight is 375 g/mol. The number of fused-ring (bicyclic) bond motifs is 1. The van der Waals surface area contributed by atoms with Gasteiger partial charge in [0.1, 0.15) is 0 Å². The molecule has 1 N–H and O–H groups in total. The second-order valence-electron chi connectivity index (χ2n) is 5.68. The first kappa shape index (κ1) is 17.5.